The minimum absolute atomic E-state index is 0.264. The van der Waals surface area contributed by atoms with E-state index in [1.165, 1.54) is 0 Å². The molecule has 0 aromatic carbocycles. The molecule has 0 unspecified atom stereocenters. The largest absolute Gasteiger partial charge is 0.491 e. The van der Waals surface area contributed by atoms with E-state index in [1.54, 1.807) is 0 Å². The molecule has 2 aliphatic rings. The number of likely N-dealkylation sites (tertiary alicyclic amines) is 1. The van der Waals surface area contributed by atoms with Gasteiger partial charge in [0.25, 0.3) is 0 Å². The Morgan fingerprint density at radius 1 is 1.41 bits per heavy atom. The molecular formula is C14H21NO2. The van der Waals surface area contributed by atoms with Crippen LogP contribution in [0.15, 0.2) is 24.0 Å². The topological polar surface area (TPSA) is 29.5 Å². The fourth-order valence-electron chi connectivity index (χ4n) is 2.32. The minimum Gasteiger partial charge on any atom is -0.491 e. The molecule has 0 bridgehead atoms. The van der Waals surface area contributed by atoms with E-state index >= 15 is 0 Å². The van der Waals surface area contributed by atoms with Crippen LogP contribution in [0.2, 0.25) is 0 Å². The van der Waals surface area contributed by atoms with Crippen molar-refractivity contribution in [3.8, 4) is 0 Å². The fourth-order valence-corrected chi connectivity index (χ4v) is 2.32. The Hall–Kier alpha value is -1.25. The summed E-state index contributed by atoms with van der Waals surface area (Å²) < 4.78 is 5.93. The molecule has 0 aromatic heterocycles. The molecule has 1 aliphatic heterocycles. The normalized spacial score (nSPS) is 21.2. The van der Waals surface area contributed by atoms with Gasteiger partial charge in [0.05, 0.1) is 0 Å². The van der Waals surface area contributed by atoms with Gasteiger partial charge in [0, 0.05) is 32.4 Å². The predicted molar refractivity (Wildman–Crippen MR) is 67.4 cm³/mol. The third-order valence-corrected chi connectivity index (χ3v) is 3.36. The van der Waals surface area contributed by atoms with Crippen molar-refractivity contribution in [3.05, 3.63) is 24.0 Å². The average molecular weight is 235 g/mol. The summed E-state index contributed by atoms with van der Waals surface area (Å²) in [6.07, 6.45) is 11.4. The first-order valence-electron chi connectivity index (χ1n) is 6.60. The van der Waals surface area contributed by atoms with E-state index in [0.29, 0.717) is 6.42 Å². The third kappa shape index (κ3) is 3.35. The molecule has 0 aromatic rings. The van der Waals surface area contributed by atoms with Crippen molar-refractivity contribution in [3.63, 3.8) is 0 Å². The highest BCUT2D eigenvalue weighted by Crippen LogP contribution is 2.20. The highest BCUT2D eigenvalue weighted by molar-refractivity contribution is 5.75. The van der Waals surface area contributed by atoms with E-state index in [2.05, 4.69) is 18.2 Å². The van der Waals surface area contributed by atoms with Gasteiger partial charge < -0.3 is 9.64 Å². The Kier molecular flexibility index (Phi) is 4.24. The lowest BCUT2D eigenvalue weighted by Gasteiger charge is -2.32. The SMILES string of the molecule is CCC(=O)N1CCC(OC2=CCCC=C2)CC1. The molecule has 0 saturated carbocycles. The second-order valence-corrected chi connectivity index (χ2v) is 4.64. The third-order valence-electron chi connectivity index (χ3n) is 3.36. The minimum atomic E-state index is 0.264. The maximum atomic E-state index is 11.5. The van der Waals surface area contributed by atoms with Crippen molar-refractivity contribution in [1.29, 1.82) is 0 Å². The van der Waals surface area contributed by atoms with Crippen molar-refractivity contribution in [2.24, 2.45) is 0 Å². The van der Waals surface area contributed by atoms with Crippen LogP contribution in [0.4, 0.5) is 0 Å². The van der Waals surface area contributed by atoms with Crippen molar-refractivity contribution in [2.75, 3.05) is 13.1 Å². The van der Waals surface area contributed by atoms with E-state index in [0.717, 1.165) is 44.5 Å². The first-order valence-corrected chi connectivity index (χ1v) is 6.60. The van der Waals surface area contributed by atoms with E-state index in [-0.39, 0.29) is 12.0 Å². The molecular weight excluding hydrogens is 214 g/mol. The van der Waals surface area contributed by atoms with Crippen LogP contribution in [0.5, 0.6) is 0 Å². The number of rotatable bonds is 3. The number of carbonyl (C=O) groups excluding carboxylic acids is 1. The van der Waals surface area contributed by atoms with Crippen LogP contribution in [-0.4, -0.2) is 30.0 Å². The Morgan fingerprint density at radius 3 is 2.76 bits per heavy atom. The van der Waals surface area contributed by atoms with Gasteiger partial charge in [-0.25, -0.2) is 0 Å². The predicted octanol–water partition coefficient (Wildman–Crippen LogP) is 2.64. The first-order chi connectivity index (χ1) is 8.29. The number of allylic oxidation sites excluding steroid dienone is 3. The van der Waals surface area contributed by atoms with Crippen LogP contribution < -0.4 is 0 Å². The van der Waals surface area contributed by atoms with E-state index in [4.69, 9.17) is 4.74 Å². The summed E-state index contributed by atoms with van der Waals surface area (Å²) in [5.41, 5.74) is 0. The van der Waals surface area contributed by atoms with Crippen LogP contribution in [0.1, 0.15) is 39.0 Å². The van der Waals surface area contributed by atoms with Gasteiger partial charge in [0.15, 0.2) is 0 Å². The number of hydrogen-bond acceptors (Lipinski definition) is 2. The van der Waals surface area contributed by atoms with Crippen molar-refractivity contribution in [1.82, 2.24) is 4.90 Å². The Balaban J connectivity index is 1.77. The molecule has 1 heterocycles. The molecule has 0 atom stereocenters. The summed E-state index contributed by atoms with van der Waals surface area (Å²) in [6, 6.07) is 0. The van der Waals surface area contributed by atoms with Gasteiger partial charge in [-0.3, -0.25) is 4.79 Å². The van der Waals surface area contributed by atoms with E-state index in [9.17, 15) is 4.79 Å². The van der Waals surface area contributed by atoms with Gasteiger partial charge in [-0.15, -0.1) is 0 Å². The molecule has 1 fully saturated rings. The Morgan fingerprint density at radius 2 is 2.18 bits per heavy atom. The second kappa shape index (κ2) is 5.89. The van der Waals surface area contributed by atoms with Gasteiger partial charge in [0.2, 0.25) is 5.91 Å². The molecule has 0 N–H and O–H groups in total. The lowest BCUT2D eigenvalue weighted by atomic mass is 10.1. The summed E-state index contributed by atoms with van der Waals surface area (Å²) in [5, 5.41) is 0. The molecule has 94 valence electrons. The maximum absolute atomic E-state index is 11.5. The lowest BCUT2D eigenvalue weighted by Crippen LogP contribution is -2.40. The molecule has 1 aliphatic carbocycles. The van der Waals surface area contributed by atoms with Gasteiger partial charge in [-0.05, 0) is 25.0 Å². The molecule has 1 saturated heterocycles. The van der Waals surface area contributed by atoms with Crippen molar-refractivity contribution in [2.45, 2.75) is 45.1 Å². The zero-order chi connectivity index (χ0) is 12.1. The lowest BCUT2D eigenvalue weighted by molar-refractivity contribution is -0.132. The molecule has 0 spiro atoms. The first kappa shape index (κ1) is 12.2. The smallest absolute Gasteiger partial charge is 0.222 e. The van der Waals surface area contributed by atoms with Gasteiger partial charge in [-0.1, -0.05) is 13.0 Å². The zero-order valence-corrected chi connectivity index (χ0v) is 10.5. The molecule has 0 radical (unpaired) electrons. The summed E-state index contributed by atoms with van der Waals surface area (Å²) in [7, 11) is 0. The quantitative estimate of drug-likeness (QED) is 0.752. The molecule has 1 amide bonds. The standard InChI is InChI=1S/C14H21NO2/c1-2-14(16)15-10-8-13(9-11-15)17-12-6-4-3-5-7-12/h4,6-7,13H,2-3,5,8-11H2,1H3. The summed E-state index contributed by atoms with van der Waals surface area (Å²) >= 11 is 0. The van der Waals surface area contributed by atoms with Crippen LogP contribution in [0.3, 0.4) is 0 Å². The average Bonchev–Trinajstić information content (AvgIpc) is 2.40. The van der Waals surface area contributed by atoms with E-state index < -0.39 is 0 Å². The molecule has 3 nitrogen and oxygen atoms in total. The molecule has 17 heavy (non-hydrogen) atoms. The number of ether oxygens (including phenoxy) is 1. The highest BCUT2D eigenvalue weighted by Gasteiger charge is 2.23. The number of nitrogens with zero attached hydrogens (tertiary/aromatic N) is 1. The molecule has 2 rings (SSSR count). The summed E-state index contributed by atoms with van der Waals surface area (Å²) in [6.45, 7) is 3.60. The molecule has 3 heteroatoms. The Labute approximate surface area is 103 Å². The van der Waals surface area contributed by atoms with Gasteiger partial charge in [-0.2, -0.15) is 0 Å². The van der Waals surface area contributed by atoms with Crippen LogP contribution in [-0.2, 0) is 9.53 Å². The summed E-state index contributed by atoms with van der Waals surface area (Å²) in [5.74, 6) is 1.27. The number of carbonyl (C=O) groups is 1. The second-order valence-electron chi connectivity index (χ2n) is 4.64. The van der Waals surface area contributed by atoms with Crippen molar-refractivity contribution >= 4 is 5.91 Å². The Bertz CT molecular complexity index is 325. The highest BCUT2D eigenvalue weighted by atomic mass is 16.5. The van der Waals surface area contributed by atoms with Crippen molar-refractivity contribution < 1.29 is 9.53 Å². The van der Waals surface area contributed by atoms with Gasteiger partial charge >= 0.3 is 0 Å². The van der Waals surface area contributed by atoms with Crippen LogP contribution >= 0.6 is 0 Å². The number of piperidine rings is 1. The fraction of sp³-hybridized carbons (Fsp3) is 0.643. The van der Waals surface area contributed by atoms with Crippen LogP contribution in [0, 0.1) is 0 Å². The monoisotopic (exact) mass is 235 g/mol. The zero-order valence-electron chi connectivity index (χ0n) is 10.5. The number of amides is 1. The maximum Gasteiger partial charge on any atom is 0.222 e. The van der Waals surface area contributed by atoms with Gasteiger partial charge in [0.1, 0.15) is 11.9 Å². The van der Waals surface area contributed by atoms with Crippen LogP contribution in [0.25, 0.3) is 0 Å². The number of hydrogen-bond donors (Lipinski definition) is 0. The van der Waals surface area contributed by atoms with E-state index in [1.807, 2.05) is 11.8 Å². The summed E-state index contributed by atoms with van der Waals surface area (Å²) in [4.78, 5) is 13.5.